The summed E-state index contributed by atoms with van der Waals surface area (Å²) in [5, 5.41) is 11.4. The topological polar surface area (TPSA) is 69.6 Å². The van der Waals surface area contributed by atoms with Crippen LogP contribution in [-0.4, -0.2) is 41.0 Å². The van der Waals surface area contributed by atoms with E-state index >= 15 is 0 Å². The fraction of sp³-hybridized carbons (Fsp3) is 0.467. The summed E-state index contributed by atoms with van der Waals surface area (Å²) in [5.41, 5.74) is 0.862. The van der Waals surface area contributed by atoms with E-state index < -0.39 is 23.7 Å². The number of amides is 1. The Morgan fingerprint density at radius 2 is 2.10 bits per heavy atom. The molecule has 0 spiro atoms. The Hall–Kier alpha value is -1.95. The molecule has 1 amide bonds. The fourth-order valence-corrected chi connectivity index (χ4v) is 2.00. The van der Waals surface area contributed by atoms with Crippen molar-refractivity contribution in [1.82, 2.24) is 4.90 Å². The molecule has 1 aromatic rings. The minimum Gasteiger partial charge on any atom is -0.480 e. The lowest BCUT2D eigenvalue weighted by Gasteiger charge is -2.26. The van der Waals surface area contributed by atoms with Crippen LogP contribution in [0.2, 0.25) is 0 Å². The van der Waals surface area contributed by atoms with Gasteiger partial charge in [0.2, 0.25) is 5.91 Å². The predicted molar refractivity (Wildman–Crippen MR) is 78.7 cm³/mol. The number of aliphatic carboxylic acids is 1. The monoisotopic (exact) mass is 296 g/mol. The maximum absolute atomic E-state index is 13.7. The van der Waals surface area contributed by atoms with Crippen molar-refractivity contribution in [3.05, 3.63) is 29.6 Å². The van der Waals surface area contributed by atoms with Gasteiger partial charge in [-0.1, -0.05) is 13.0 Å². The van der Waals surface area contributed by atoms with Gasteiger partial charge in [0, 0.05) is 0 Å². The van der Waals surface area contributed by atoms with Crippen LogP contribution in [0, 0.1) is 12.7 Å². The number of carbonyl (C=O) groups is 2. The van der Waals surface area contributed by atoms with Crippen LogP contribution in [0.1, 0.15) is 25.8 Å². The van der Waals surface area contributed by atoms with Gasteiger partial charge in [-0.05, 0) is 44.5 Å². The molecular weight excluding hydrogens is 275 g/mol. The molecular formula is C15H21FN2O3. The number of hydrogen-bond donors (Lipinski definition) is 2. The molecule has 2 N–H and O–H groups in total. The number of carboxylic acids is 1. The number of nitrogens with zero attached hydrogens (tertiary/aromatic N) is 1. The lowest BCUT2D eigenvalue weighted by Crippen LogP contribution is -2.45. The number of carboxylic acid groups (broad SMARTS) is 1. The standard InChI is InChI=1S/C15H21FN2O3/c1-4-7-18(9-14(19)20)11(3)15(21)17-13-6-5-10(2)8-12(13)16/h5-6,8,11H,4,7,9H2,1-3H3,(H,17,21)(H,19,20). The number of halogens is 1. The van der Waals surface area contributed by atoms with Crippen molar-refractivity contribution in [2.24, 2.45) is 0 Å². The normalized spacial score (nSPS) is 12.2. The number of aryl methyl sites for hydroxylation is 1. The van der Waals surface area contributed by atoms with Crippen molar-refractivity contribution in [1.29, 1.82) is 0 Å². The maximum atomic E-state index is 13.7. The maximum Gasteiger partial charge on any atom is 0.317 e. The van der Waals surface area contributed by atoms with Crippen molar-refractivity contribution in [2.75, 3.05) is 18.4 Å². The molecule has 1 rings (SSSR count). The second-order valence-corrected chi connectivity index (χ2v) is 5.01. The van der Waals surface area contributed by atoms with Gasteiger partial charge in [0.25, 0.3) is 0 Å². The molecule has 116 valence electrons. The first-order valence-corrected chi connectivity index (χ1v) is 6.88. The van der Waals surface area contributed by atoms with Gasteiger partial charge in [-0.2, -0.15) is 0 Å². The molecule has 21 heavy (non-hydrogen) atoms. The first-order chi connectivity index (χ1) is 9.85. The highest BCUT2D eigenvalue weighted by molar-refractivity contribution is 5.94. The smallest absolute Gasteiger partial charge is 0.317 e. The molecule has 1 aromatic carbocycles. The zero-order valence-corrected chi connectivity index (χ0v) is 12.5. The zero-order chi connectivity index (χ0) is 16.0. The third-order valence-electron chi connectivity index (χ3n) is 3.16. The number of benzene rings is 1. The molecule has 1 atom stereocenters. The summed E-state index contributed by atoms with van der Waals surface area (Å²) in [7, 11) is 0. The fourth-order valence-electron chi connectivity index (χ4n) is 2.00. The summed E-state index contributed by atoms with van der Waals surface area (Å²) < 4.78 is 13.7. The number of anilines is 1. The Morgan fingerprint density at radius 3 is 2.62 bits per heavy atom. The minimum atomic E-state index is -0.996. The summed E-state index contributed by atoms with van der Waals surface area (Å²) in [6, 6.07) is 3.88. The summed E-state index contributed by atoms with van der Waals surface area (Å²) in [6.45, 7) is 5.53. The van der Waals surface area contributed by atoms with Gasteiger partial charge < -0.3 is 10.4 Å². The van der Waals surface area contributed by atoms with Crippen LogP contribution in [0.15, 0.2) is 18.2 Å². The van der Waals surface area contributed by atoms with Crippen LogP contribution in [-0.2, 0) is 9.59 Å². The summed E-state index contributed by atoms with van der Waals surface area (Å²) in [6.07, 6.45) is 0.726. The summed E-state index contributed by atoms with van der Waals surface area (Å²) in [5.74, 6) is -1.92. The number of nitrogens with one attached hydrogen (secondary N) is 1. The lowest BCUT2D eigenvalue weighted by atomic mass is 10.2. The molecule has 0 aliphatic rings. The Balaban J connectivity index is 2.78. The molecule has 0 radical (unpaired) electrons. The van der Waals surface area contributed by atoms with Gasteiger partial charge in [0.1, 0.15) is 5.82 Å². The average Bonchev–Trinajstić information content (AvgIpc) is 2.40. The molecule has 0 aromatic heterocycles. The molecule has 0 aliphatic heterocycles. The van der Waals surface area contributed by atoms with Crippen LogP contribution in [0.4, 0.5) is 10.1 Å². The third-order valence-corrected chi connectivity index (χ3v) is 3.16. The van der Waals surface area contributed by atoms with Gasteiger partial charge >= 0.3 is 5.97 Å². The van der Waals surface area contributed by atoms with E-state index in [9.17, 15) is 14.0 Å². The molecule has 0 saturated heterocycles. The summed E-state index contributed by atoms with van der Waals surface area (Å²) in [4.78, 5) is 24.5. The molecule has 1 unspecified atom stereocenters. The molecule has 0 fully saturated rings. The molecule has 0 aliphatic carbocycles. The van der Waals surface area contributed by atoms with Crippen molar-refractivity contribution in [3.63, 3.8) is 0 Å². The van der Waals surface area contributed by atoms with Gasteiger partial charge in [-0.3, -0.25) is 14.5 Å². The van der Waals surface area contributed by atoms with Gasteiger partial charge in [0.05, 0.1) is 18.3 Å². The highest BCUT2D eigenvalue weighted by Gasteiger charge is 2.23. The van der Waals surface area contributed by atoms with Gasteiger partial charge in [0.15, 0.2) is 0 Å². The molecule has 6 heteroatoms. The van der Waals surface area contributed by atoms with Crippen LogP contribution in [0.5, 0.6) is 0 Å². The van der Waals surface area contributed by atoms with Crippen LogP contribution >= 0.6 is 0 Å². The Labute approximate surface area is 123 Å². The SMILES string of the molecule is CCCN(CC(=O)O)C(C)C(=O)Nc1ccc(C)cc1F. The van der Waals surface area contributed by atoms with E-state index in [1.54, 1.807) is 24.8 Å². The minimum absolute atomic E-state index is 0.101. The second-order valence-electron chi connectivity index (χ2n) is 5.01. The number of hydrogen-bond acceptors (Lipinski definition) is 3. The van der Waals surface area contributed by atoms with E-state index in [-0.39, 0.29) is 12.2 Å². The predicted octanol–water partition coefficient (Wildman–Crippen LogP) is 2.26. The van der Waals surface area contributed by atoms with E-state index in [1.165, 1.54) is 12.1 Å². The average molecular weight is 296 g/mol. The molecule has 0 bridgehead atoms. The first-order valence-electron chi connectivity index (χ1n) is 6.88. The first kappa shape index (κ1) is 17.1. The third kappa shape index (κ3) is 5.15. The lowest BCUT2D eigenvalue weighted by molar-refractivity contribution is -0.139. The van der Waals surface area contributed by atoms with Crippen molar-refractivity contribution >= 4 is 17.6 Å². The van der Waals surface area contributed by atoms with Crippen LogP contribution in [0.25, 0.3) is 0 Å². The molecule has 0 heterocycles. The van der Waals surface area contributed by atoms with E-state index in [0.717, 1.165) is 12.0 Å². The quantitative estimate of drug-likeness (QED) is 0.809. The van der Waals surface area contributed by atoms with Crippen molar-refractivity contribution < 1.29 is 19.1 Å². The van der Waals surface area contributed by atoms with Gasteiger partial charge in [-0.15, -0.1) is 0 Å². The number of carbonyl (C=O) groups excluding carboxylic acids is 1. The zero-order valence-electron chi connectivity index (χ0n) is 12.5. The van der Waals surface area contributed by atoms with E-state index in [2.05, 4.69) is 5.32 Å². The second kappa shape index (κ2) is 7.73. The summed E-state index contributed by atoms with van der Waals surface area (Å²) >= 11 is 0. The molecule has 0 saturated carbocycles. The van der Waals surface area contributed by atoms with E-state index in [0.29, 0.717) is 6.54 Å². The largest absolute Gasteiger partial charge is 0.480 e. The van der Waals surface area contributed by atoms with Crippen molar-refractivity contribution in [3.8, 4) is 0 Å². The molecule has 5 nitrogen and oxygen atoms in total. The Morgan fingerprint density at radius 1 is 1.43 bits per heavy atom. The van der Waals surface area contributed by atoms with E-state index in [1.807, 2.05) is 6.92 Å². The van der Waals surface area contributed by atoms with Crippen LogP contribution in [0.3, 0.4) is 0 Å². The van der Waals surface area contributed by atoms with E-state index in [4.69, 9.17) is 5.11 Å². The Bertz CT molecular complexity index is 520. The number of rotatable bonds is 7. The highest BCUT2D eigenvalue weighted by Crippen LogP contribution is 2.16. The van der Waals surface area contributed by atoms with Crippen LogP contribution < -0.4 is 5.32 Å². The van der Waals surface area contributed by atoms with Crippen molar-refractivity contribution in [2.45, 2.75) is 33.2 Å². The van der Waals surface area contributed by atoms with Gasteiger partial charge in [-0.25, -0.2) is 4.39 Å². The Kier molecular flexibility index (Phi) is 6.30. The highest BCUT2D eigenvalue weighted by atomic mass is 19.1.